The largest absolute Gasteiger partial charge is 0.381 e. The summed E-state index contributed by atoms with van der Waals surface area (Å²) in [4.78, 5) is 0. The molecule has 2 saturated carbocycles. The van der Waals surface area contributed by atoms with Crippen LogP contribution in [0.1, 0.15) is 206 Å². The number of rotatable bonds is 22. The van der Waals surface area contributed by atoms with Crippen LogP contribution in [-0.4, -0.2) is 13.2 Å². The van der Waals surface area contributed by atoms with E-state index in [-0.39, 0.29) is 0 Å². The lowest BCUT2D eigenvalue weighted by atomic mass is 9.70. The van der Waals surface area contributed by atoms with Gasteiger partial charge in [0.1, 0.15) is 0 Å². The molecule has 0 spiro atoms. The second kappa shape index (κ2) is 22.9. The molecule has 2 fully saturated rings. The molecule has 0 aliphatic heterocycles. The Labute approximate surface area is 282 Å². The molecule has 0 saturated heterocycles. The highest BCUT2D eigenvalue weighted by molar-refractivity contribution is 5.08. The summed E-state index contributed by atoms with van der Waals surface area (Å²) in [5.74, 6) is 6.23. The third-order valence-electron chi connectivity index (χ3n) is 13.2. The van der Waals surface area contributed by atoms with Crippen LogP contribution in [0.5, 0.6) is 0 Å². The van der Waals surface area contributed by atoms with E-state index in [0.717, 1.165) is 48.7 Å². The van der Waals surface area contributed by atoms with Crippen molar-refractivity contribution in [3.8, 4) is 0 Å². The van der Waals surface area contributed by atoms with Crippen molar-refractivity contribution in [3.63, 3.8) is 0 Å². The number of unbranched alkanes of at least 4 members (excludes halogenated alkanes) is 8. The SMILES string of the molecule is CCCC1CCC(C2CC=C(CCCCCCCOCCCCCCCC3=CCC(C4CCC(CCC)CC4)CC3)CC2)CC1. The van der Waals surface area contributed by atoms with Gasteiger partial charge in [-0.3, -0.25) is 0 Å². The summed E-state index contributed by atoms with van der Waals surface area (Å²) in [5.41, 5.74) is 3.59. The first-order valence-corrected chi connectivity index (χ1v) is 21.2. The lowest BCUT2D eigenvalue weighted by Gasteiger charge is -2.35. The van der Waals surface area contributed by atoms with E-state index in [9.17, 15) is 0 Å². The summed E-state index contributed by atoms with van der Waals surface area (Å²) in [7, 11) is 0. The number of hydrogen-bond donors (Lipinski definition) is 0. The zero-order valence-electron chi connectivity index (χ0n) is 30.7. The molecule has 0 aromatic carbocycles. The van der Waals surface area contributed by atoms with E-state index in [1.54, 1.807) is 11.1 Å². The Hall–Kier alpha value is -0.560. The standard InChI is InChI=1S/C44H78O/c1-3-15-37-19-27-41(28-20-37)43-31-23-39(24-32-43)17-11-7-5-9-13-35-45-36-14-10-6-8-12-18-40-25-33-44(34-26-40)42-29-21-38(16-4-2)22-30-42/h23,25,37-38,41-44H,3-22,24,26-36H2,1-2H3. The normalized spacial score (nSPS) is 29.4. The molecule has 260 valence electrons. The fraction of sp³-hybridized carbons (Fsp3) is 0.909. The van der Waals surface area contributed by atoms with Crippen molar-refractivity contribution >= 4 is 0 Å². The second-order valence-electron chi connectivity index (χ2n) is 16.6. The van der Waals surface area contributed by atoms with Gasteiger partial charge in [-0.15, -0.1) is 0 Å². The molecule has 4 rings (SSSR count). The Bertz CT molecular complexity index is 726. The highest BCUT2D eigenvalue weighted by atomic mass is 16.5. The minimum absolute atomic E-state index is 0.988. The molecule has 45 heavy (non-hydrogen) atoms. The van der Waals surface area contributed by atoms with Crippen molar-refractivity contribution in [2.24, 2.45) is 35.5 Å². The van der Waals surface area contributed by atoms with Gasteiger partial charge in [-0.25, -0.2) is 0 Å². The number of ether oxygens (including phenoxy) is 1. The topological polar surface area (TPSA) is 9.23 Å². The van der Waals surface area contributed by atoms with Crippen molar-refractivity contribution in [2.75, 3.05) is 13.2 Å². The quantitative estimate of drug-likeness (QED) is 0.0862. The molecule has 2 atom stereocenters. The van der Waals surface area contributed by atoms with E-state index in [1.165, 1.54) is 193 Å². The van der Waals surface area contributed by atoms with Gasteiger partial charge in [-0.2, -0.15) is 0 Å². The van der Waals surface area contributed by atoms with Gasteiger partial charge in [-0.05, 0) is 138 Å². The van der Waals surface area contributed by atoms with Crippen LogP contribution in [0, 0.1) is 35.5 Å². The molecule has 0 N–H and O–H groups in total. The third-order valence-corrected chi connectivity index (χ3v) is 13.2. The molecule has 0 heterocycles. The molecule has 1 nitrogen and oxygen atoms in total. The molecule has 0 radical (unpaired) electrons. The van der Waals surface area contributed by atoms with Crippen LogP contribution in [0.2, 0.25) is 0 Å². The first-order chi connectivity index (χ1) is 22.2. The summed E-state index contributed by atoms with van der Waals surface area (Å²) >= 11 is 0. The van der Waals surface area contributed by atoms with Crippen LogP contribution in [0.15, 0.2) is 23.3 Å². The Morgan fingerprint density at radius 3 is 1.24 bits per heavy atom. The highest BCUT2D eigenvalue weighted by Crippen LogP contribution is 2.42. The van der Waals surface area contributed by atoms with Gasteiger partial charge in [-0.1, -0.05) is 127 Å². The Balaban J connectivity index is 0.873. The Morgan fingerprint density at radius 1 is 0.467 bits per heavy atom. The van der Waals surface area contributed by atoms with Gasteiger partial charge in [0, 0.05) is 13.2 Å². The van der Waals surface area contributed by atoms with E-state index in [1.807, 2.05) is 0 Å². The van der Waals surface area contributed by atoms with E-state index in [2.05, 4.69) is 26.0 Å². The third kappa shape index (κ3) is 14.6. The van der Waals surface area contributed by atoms with E-state index in [0.29, 0.717) is 0 Å². The minimum atomic E-state index is 0.988. The maximum Gasteiger partial charge on any atom is 0.0466 e. The summed E-state index contributed by atoms with van der Waals surface area (Å²) in [6, 6.07) is 0. The van der Waals surface area contributed by atoms with Gasteiger partial charge in [0.25, 0.3) is 0 Å². The van der Waals surface area contributed by atoms with Gasteiger partial charge in [0.05, 0.1) is 0 Å². The fourth-order valence-electron chi connectivity index (χ4n) is 10.1. The van der Waals surface area contributed by atoms with Gasteiger partial charge in [0.2, 0.25) is 0 Å². The Morgan fingerprint density at radius 2 is 0.867 bits per heavy atom. The summed E-state index contributed by atoms with van der Waals surface area (Å²) < 4.78 is 5.97. The van der Waals surface area contributed by atoms with Crippen molar-refractivity contribution in [1.82, 2.24) is 0 Å². The van der Waals surface area contributed by atoms with Crippen LogP contribution in [0.4, 0.5) is 0 Å². The lowest BCUT2D eigenvalue weighted by Crippen LogP contribution is -2.23. The van der Waals surface area contributed by atoms with Crippen LogP contribution in [0.25, 0.3) is 0 Å². The molecule has 0 aromatic heterocycles. The van der Waals surface area contributed by atoms with Gasteiger partial charge >= 0.3 is 0 Å². The molecule has 0 aromatic rings. The Kier molecular flexibility index (Phi) is 19.0. The average Bonchev–Trinajstić information content (AvgIpc) is 3.08. The first kappa shape index (κ1) is 37.3. The van der Waals surface area contributed by atoms with Gasteiger partial charge in [0.15, 0.2) is 0 Å². The average molecular weight is 623 g/mol. The number of hydrogen-bond acceptors (Lipinski definition) is 1. The van der Waals surface area contributed by atoms with Crippen molar-refractivity contribution in [2.45, 2.75) is 206 Å². The molecular weight excluding hydrogens is 544 g/mol. The zero-order valence-corrected chi connectivity index (χ0v) is 30.7. The van der Waals surface area contributed by atoms with E-state index >= 15 is 0 Å². The van der Waals surface area contributed by atoms with E-state index < -0.39 is 0 Å². The number of allylic oxidation sites excluding steroid dienone is 4. The highest BCUT2D eigenvalue weighted by Gasteiger charge is 2.29. The molecule has 4 aliphatic carbocycles. The fourth-order valence-corrected chi connectivity index (χ4v) is 10.1. The van der Waals surface area contributed by atoms with Crippen molar-refractivity contribution in [3.05, 3.63) is 23.3 Å². The second-order valence-corrected chi connectivity index (χ2v) is 16.6. The van der Waals surface area contributed by atoms with E-state index in [4.69, 9.17) is 4.74 Å². The van der Waals surface area contributed by atoms with Crippen molar-refractivity contribution in [1.29, 1.82) is 0 Å². The minimum Gasteiger partial charge on any atom is -0.381 e. The predicted octanol–water partition coefficient (Wildman–Crippen LogP) is 14.4. The lowest BCUT2D eigenvalue weighted by molar-refractivity contribution is 0.125. The predicted molar refractivity (Wildman–Crippen MR) is 198 cm³/mol. The van der Waals surface area contributed by atoms with Crippen LogP contribution in [0.3, 0.4) is 0 Å². The first-order valence-electron chi connectivity index (χ1n) is 21.2. The molecule has 0 amide bonds. The molecule has 0 bridgehead atoms. The molecule has 1 heteroatoms. The molecule has 2 unspecified atom stereocenters. The summed E-state index contributed by atoms with van der Waals surface area (Å²) in [6.45, 7) is 6.70. The van der Waals surface area contributed by atoms with Crippen molar-refractivity contribution < 1.29 is 4.74 Å². The zero-order chi connectivity index (χ0) is 31.4. The van der Waals surface area contributed by atoms with Crippen LogP contribution >= 0.6 is 0 Å². The van der Waals surface area contributed by atoms with Crippen LogP contribution < -0.4 is 0 Å². The van der Waals surface area contributed by atoms with Gasteiger partial charge < -0.3 is 4.74 Å². The molecular formula is C44H78O. The smallest absolute Gasteiger partial charge is 0.0466 e. The summed E-state index contributed by atoms with van der Waals surface area (Å²) in [5, 5.41) is 0. The summed E-state index contributed by atoms with van der Waals surface area (Å²) in [6.07, 6.45) is 48.3. The monoisotopic (exact) mass is 623 g/mol. The van der Waals surface area contributed by atoms with Crippen LogP contribution in [-0.2, 0) is 4.74 Å². The maximum absolute atomic E-state index is 5.97. The molecule has 4 aliphatic rings. The maximum atomic E-state index is 5.97.